The highest BCUT2D eigenvalue weighted by Crippen LogP contribution is 2.50. The van der Waals surface area contributed by atoms with Gasteiger partial charge in [-0.2, -0.15) is 4.31 Å². The van der Waals surface area contributed by atoms with E-state index in [2.05, 4.69) is 5.32 Å². The van der Waals surface area contributed by atoms with Gasteiger partial charge in [0.05, 0.1) is 49.4 Å². The van der Waals surface area contributed by atoms with Crippen LogP contribution in [-0.2, 0) is 57.5 Å². The number of carbonyl (C=O) groups is 1. The maximum absolute atomic E-state index is 14.3. The number of nitrogens with zero attached hydrogens (tertiary/aromatic N) is 1. The third-order valence-electron chi connectivity index (χ3n) is 9.64. The highest BCUT2D eigenvalue weighted by molar-refractivity contribution is 7.89. The first-order valence-electron chi connectivity index (χ1n) is 19.1. The summed E-state index contributed by atoms with van der Waals surface area (Å²) in [4.78, 5) is 13.1. The van der Waals surface area contributed by atoms with Gasteiger partial charge in [-0.1, -0.05) is 111 Å². The zero-order chi connectivity index (χ0) is 40.3. The third-order valence-corrected chi connectivity index (χ3v) is 13.0. The van der Waals surface area contributed by atoms with Crippen LogP contribution >= 0.6 is 7.60 Å². The number of fused-ring (bicyclic) bond motifs is 1. The van der Waals surface area contributed by atoms with Crippen LogP contribution in [0.25, 0.3) is 0 Å². The lowest BCUT2D eigenvalue weighted by atomic mass is 10.0. The zero-order valence-electron chi connectivity index (χ0n) is 32.1. The molecule has 57 heavy (non-hydrogen) atoms. The minimum absolute atomic E-state index is 0.0139. The van der Waals surface area contributed by atoms with Crippen LogP contribution in [0.5, 0.6) is 5.75 Å². The number of aliphatic hydroxyl groups excluding tert-OH is 1. The summed E-state index contributed by atoms with van der Waals surface area (Å²) in [7, 11) is -8.10. The van der Waals surface area contributed by atoms with E-state index in [0.29, 0.717) is 13.0 Å². The zero-order valence-corrected chi connectivity index (χ0v) is 33.8. The van der Waals surface area contributed by atoms with E-state index in [1.165, 1.54) is 22.5 Å². The Morgan fingerprint density at radius 2 is 1.47 bits per heavy atom. The van der Waals surface area contributed by atoms with Crippen LogP contribution in [0.1, 0.15) is 37.0 Å². The Hall–Kier alpha value is -4.11. The van der Waals surface area contributed by atoms with E-state index in [0.717, 1.165) is 16.7 Å². The fourth-order valence-electron chi connectivity index (χ4n) is 6.67. The summed E-state index contributed by atoms with van der Waals surface area (Å²) in [6.45, 7) is 4.25. The van der Waals surface area contributed by atoms with Crippen LogP contribution < -0.4 is 10.1 Å². The van der Waals surface area contributed by atoms with Crippen molar-refractivity contribution in [1.29, 1.82) is 0 Å². The number of rotatable bonds is 20. The first-order valence-corrected chi connectivity index (χ1v) is 22.3. The number of alkyl carbamates (subject to hydrolysis) is 1. The summed E-state index contributed by atoms with van der Waals surface area (Å²) in [6, 6.07) is 32.7. The Labute approximate surface area is 334 Å². The van der Waals surface area contributed by atoms with Gasteiger partial charge in [0.1, 0.15) is 11.9 Å². The highest BCUT2D eigenvalue weighted by atomic mass is 32.2. The van der Waals surface area contributed by atoms with E-state index in [1.807, 2.05) is 105 Å². The molecule has 4 aromatic rings. The number of hydrogen-bond acceptors (Lipinski definition) is 11. The van der Waals surface area contributed by atoms with Gasteiger partial charge < -0.3 is 38.4 Å². The monoisotopic (exact) mass is 822 g/mol. The summed E-state index contributed by atoms with van der Waals surface area (Å²) < 4.78 is 78.4. The summed E-state index contributed by atoms with van der Waals surface area (Å²) in [5.74, 6) is -0.0596. The molecule has 4 aromatic carbocycles. The topological polar surface area (TPSA) is 159 Å². The first kappa shape index (κ1) is 42.5. The lowest BCUT2D eigenvalue weighted by Gasteiger charge is -2.31. The average Bonchev–Trinajstić information content (AvgIpc) is 3.84. The normalized spacial score (nSPS) is 19.3. The van der Waals surface area contributed by atoms with E-state index >= 15 is 0 Å². The molecule has 0 saturated carbocycles. The molecule has 0 bridgehead atoms. The number of benzene rings is 4. The molecule has 2 heterocycles. The van der Waals surface area contributed by atoms with Crippen molar-refractivity contribution in [2.24, 2.45) is 11.8 Å². The molecular formula is C42H51N2O11PS. The van der Waals surface area contributed by atoms with Crippen LogP contribution in [0.15, 0.2) is 120 Å². The molecule has 2 fully saturated rings. The Balaban J connectivity index is 1.16. The van der Waals surface area contributed by atoms with Crippen molar-refractivity contribution in [2.45, 2.75) is 69.3 Å². The minimum Gasteiger partial charge on any atom is -0.481 e. The molecule has 13 nitrogen and oxygen atoms in total. The summed E-state index contributed by atoms with van der Waals surface area (Å²) >= 11 is 0. The Morgan fingerprint density at radius 3 is 2.09 bits per heavy atom. The van der Waals surface area contributed by atoms with E-state index in [-0.39, 0.29) is 61.8 Å². The van der Waals surface area contributed by atoms with E-state index < -0.39 is 54.6 Å². The van der Waals surface area contributed by atoms with E-state index in [4.69, 9.17) is 28.0 Å². The number of amides is 1. The van der Waals surface area contributed by atoms with E-state index in [9.17, 15) is 22.9 Å². The van der Waals surface area contributed by atoms with Crippen molar-refractivity contribution in [2.75, 3.05) is 32.7 Å². The van der Waals surface area contributed by atoms with Gasteiger partial charge in [0.25, 0.3) is 0 Å². The second-order valence-corrected chi connectivity index (χ2v) is 18.5. The Bertz CT molecular complexity index is 1980. The number of ether oxygens (including phenoxy) is 4. The van der Waals surface area contributed by atoms with Crippen LogP contribution in [0.2, 0.25) is 0 Å². The molecule has 0 aromatic heterocycles. The predicted molar refractivity (Wildman–Crippen MR) is 213 cm³/mol. The van der Waals surface area contributed by atoms with Gasteiger partial charge in [0, 0.05) is 19.2 Å². The molecule has 2 aliphatic heterocycles. The number of carbonyl (C=O) groups excluding carboxylic acids is 1. The maximum atomic E-state index is 14.3. The molecule has 2 aliphatic rings. The standard InChI is InChI=1S/C42H51N2O11PS/c1-31(2)25-44(26-39(45)38(23-32-13-6-3-7-14-32)43-42(46)55-40-29-51-41-37(40)21-22-50-41)57(48,49)36-20-12-19-35(24-36)52-30-56(47,53-27-33-15-8-4-9-16-33)54-28-34-17-10-5-11-18-34/h3-20,24,31,37-41,45H,21-23,25-30H2,1-2H3,(H,43,46)/t37-,38-,39+,40-,41+/m0/s1. The maximum Gasteiger partial charge on any atom is 0.407 e. The van der Waals surface area contributed by atoms with Crippen molar-refractivity contribution in [3.05, 3.63) is 132 Å². The molecule has 0 aliphatic carbocycles. The molecule has 2 N–H and O–H groups in total. The van der Waals surface area contributed by atoms with Crippen molar-refractivity contribution < 1.29 is 50.9 Å². The van der Waals surface area contributed by atoms with Gasteiger partial charge in [-0.25, -0.2) is 13.2 Å². The second kappa shape index (κ2) is 20.0. The second-order valence-electron chi connectivity index (χ2n) is 14.6. The number of hydrogen-bond donors (Lipinski definition) is 2. The van der Waals surface area contributed by atoms with E-state index in [1.54, 1.807) is 6.07 Å². The largest absolute Gasteiger partial charge is 0.481 e. The molecule has 0 spiro atoms. The molecule has 1 amide bonds. The van der Waals surface area contributed by atoms with Crippen molar-refractivity contribution >= 4 is 23.7 Å². The van der Waals surface area contributed by atoms with Crippen LogP contribution in [0, 0.1) is 11.8 Å². The molecule has 15 heteroatoms. The van der Waals surface area contributed by atoms with Gasteiger partial charge in [0.2, 0.25) is 10.0 Å². The fourth-order valence-corrected chi connectivity index (χ4v) is 9.55. The van der Waals surface area contributed by atoms with Crippen LogP contribution in [0.3, 0.4) is 0 Å². The Kier molecular flexibility index (Phi) is 14.9. The molecule has 5 atom stereocenters. The predicted octanol–water partition coefficient (Wildman–Crippen LogP) is 6.76. The summed E-state index contributed by atoms with van der Waals surface area (Å²) in [6.07, 6.45) is -2.53. The minimum atomic E-state index is -4.24. The molecular weight excluding hydrogens is 772 g/mol. The smallest absolute Gasteiger partial charge is 0.407 e. The number of aliphatic hydroxyl groups is 1. The molecule has 2 saturated heterocycles. The summed E-state index contributed by atoms with van der Waals surface area (Å²) in [5, 5.41) is 14.5. The van der Waals surface area contributed by atoms with Gasteiger partial charge in [-0.15, -0.1) is 0 Å². The molecule has 306 valence electrons. The van der Waals surface area contributed by atoms with Gasteiger partial charge in [-0.3, -0.25) is 4.57 Å². The lowest BCUT2D eigenvalue weighted by Crippen LogP contribution is -2.51. The first-order chi connectivity index (χ1) is 27.5. The van der Waals surface area contributed by atoms with Crippen molar-refractivity contribution in [1.82, 2.24) is 9.62 Å². The van der Waals surface area contributed by atoms with Crippen molar-refractivity contribution in [3.8, 4) is 5.75 Å². The van der Waals surface area contributed by atoms with Crippen LogP contribution in [-0.4, -0.2) is 81.1 Å². The summed E-state index contributed by atoms with van der Waals surface area (Å²) in [5.41, 5.74) is 2.41. The van der Waals surface area contributed by atoms with Crippen molar-refractivity contribution in [3.63, 3.8) is 0 Å². The molecule has 0 radical (unpaired) electrons. The number of sulfonamides is 1. The molecule has 6 rings (SSSR count). The average molecular weight is 823 g/mol. The van der Waals surface area contributed by atoms with Gasteiger partial charge in [-0.05, 0) is 47.6 Å². The molecule has 0 unspecified atom stereocenters. The fraction of sp³-hybridized carbons (Fsp3) is 0.405. The third kappa shape index (κ3) is 12.2. The number of nitrogens with one attached hydrogen (secondary N) is 1. The van der Waals surface area contributed by atoms with Gasteiger partial charge in [0.15, 0.2) is 12.6 Å². The highest BCUT2D eigenvalue weighted by Gasteiger charge is 2.44. The lowest BCUT2D eigenvalue weighted by molar-refractivity contribution is -0.0907. The van der Waals surface area contributed by atoms with Gasteiger partial charge >= 0.3 is 13.7 Å². The van der Waals surface area contributed by atoms with Crippen LogP contribution in [0.4, 0.5) is 4.79 Å². The SMILES string of the molecule is CC(C)CN(C[C@@H](O)[C@H](Cc1ccccc1)NC(=O)O[C@H]1CO[C@H]2OCC[C@H]21)S(=O)(=O)c1cccc(OCP(=O)(OCc2ccccc2)OCc2ccccc2)c1. The Morgan fingerprint density at radius 1 is 0.860 bits per heavy atom. The quantitative estimate of drug-likeness (QED) is 0.0908.